The molecule has 0 unspecified atom stereocenters. The Morgan fingerprint density at radius 1 is 1.36 bits per heavy atom. The molecule has 0 saturated carbocycles. The molecule has 14 heavy (non-hydrogen) atoms. The molecule has 0 aromatic heterocycles. The first-order valence-corrected chi connectivity index (χ1v) is 4.50. The first-order chi connectivity index (χ1) is 6.54. The molecule has 1 aromatic carbocycles. The Balaban J connectivity index is 3.18. The molecule has 0 saturated heterocycles. The van der Waals surface area contributed by atoms with Crippen LogP contribution in [0.5, 0.6) is 0 Å². The third-order valence-corrected chi connectivity index (χ3v) is 2.06. The van der Waals surface area contributed by atoms with Crippen molar-refractivity contribution >= 4 is 40.6 Å². The highest BCUT2D eigenvalue weighted by molar-refractivity contribution is 7.80. The van der Waals surface area contributed by atoms with Crippen LogP contribution < -0.4 is 16.4 Å². The third-order valence-electron chi connectivity index (χ3n) is 1.55. The van der Waals surface area contributed by atoms with Gasteiger partial charge in [-0.1, -0.05) is 23.7 Å². The number of nitrogens with two attached hydrogens (primary N) is 2. The van der Waals surface area contributed by atoms with Crippen LogP contribution in [0, 0.1) is 5.41 Å². The number of hydrogen-bond acceptors (Lipinski definition) is 2. The minimum absolute atomic E-state index is 0.00870. The van der Waals surface area contributed by atoms with E-state index in [0.29, 0.717) is 10.7 Å². The lowest BCUT2D eigenvalue weighted by atomic mass is 10.3. The molecule has 1 rings (SSSR count). The minimum atomic E-state index is -0.259. The van der Waals surface area contributed by atoms with Gasteiger partial charge in [-0.2, -0.15) is 0 Å². The summed E-state index contributed by atoms with van der Waals surface area (Å²) in [6.45, 7) is 0. The normalized spacial score (nSPS) is 9.50. The number of benzene rings is 1. The highest BCUT2D eigenvalue weighted by Gasteiger charge is 2.14. The van der Waals surface area contributed by atoms with Crippen LogP contribution in [-0.4, -0.2) is 11.1 Å². The molecule has 0 bridgehead atoms. The first-order valence-electron chi connectivity index (χ1n) is 3.72. The number of rotatable bonds is 1. The van der Waals surface area contributed by atoms with Crippen molar-refractivity contribution in [3.63, 3.8) is 0 Å². The van der Waals surface area contributed by atoms with Crippen LogP contribution >= 0.6 is 23.8 Å². The maximum atomic E-state index is 7.29. The van der Waals surface area contributed by atoms with Crippen molar-refractivity contribution in [3.8, 4) is 0 Å². The second-order valence-electron chi connectivity index (χ2n) is 2.51. The summed E-state index contributed by atoms with van der Waals surface area (Å²) in [7, 11) is 0. The van der Waals surface area contributed by atoms with E-state index in [0.717, 1.165) is 0 Å². The molecule has 74 valence electrons. The fourth-order valence-electron chi connectivity index (χ4n) is 1.00. The van der Waals surface area contributed by atoms with E-state index in [-0.39, 0.29) is 11.1 Å². The molecule has 0 atom stereocenters. The SMILES string of the molecule is N=C(N)N(C(N)=S)c1ccccc1Cl. The van der Waals surface area contributed by atoms with Gasteiger partial charge in [-0.05, 0) is 24.4 Å². The molecule has 0 aliphatic rings. The highest BCUT2D eigenvalue weighted by Crippen LogP contribution is 2.24. The van der Waals surface area contributed by atoms with Crippen molar-refractivity contribution in [3.05, 3.63) is 29.3 Å². The maximum absolute atomic E-state index is 7.29. The summed E-state index contributed by atoms with van der Waals surface area (Å²) in [5.41, 5.74) is 11.2. The standard InChI is InChI=1S/C8H9ClN4S/c9-5-3-1-2-4-6(5)13(7(10)11)8(12)14/h1-4H,(H3,10,11)(H2,12,14). The number of hydrogen-bond donors (Lipinski definition) is 3. The zero-order valence-electron chi connectivity index (χ0n) is 7.20. The molecule has 0 heterocycles. The van der Waals surface area contributed by atoms with Crippen molar-refractivity contribution in [1.82, 2.24) is 0 Å². The lowest BCUT2D eigenvalue weighted by molar-refractivity contribution is 1.29. The molecule has 1 aromatic rings. The van der Waals surface area contributed by atoms with Crippen LogP contribution in [0.3, 0.4) is 0 Å². The summed E-state index contributed by atoms with van der Waals surface area (Å²) in [6, 6.07) is 6.88. The average Bonchev–Trinajstić information content (AvgIpc) is 2.07. The maximum Gasteiger partial charge on any atom is 0.199 e. The van der Waals surface area contributed by atoms with E-state index in [2.05, 4.69) is 0 Å². The molecule has 6 heteroatoms. The van der Waals surface area contributed by atoms with Crippen LogP contribution in [0.15, 0.2) is 24.3 Å². The van der Waals surface area contributed by atoms with Gasteiger partial charge >= 0.3 is 0 Å². The Kier molecular flexibility index (Phi) is 3.27. The number of halogens is 1. The van der Waals surface area contributed by atoms with Gasteiger partial charge in [0.1, 0.15) is 0 Å². The molecular weight excluding hydrogens is 220 g/mol. The Bertz CT molecular complexity index is 365. The second kappa shape index (κ2) is 4.26. The molecule has 0 amide bonds. The molecule has 0 fully saturated rings. The summed E-state index contributed by atoms with van der Waals surface area (Å²) >= 11 is 10.7. The number of thiocarbonyl (C=S) groups is 1. The van der Waals surface area contributed by atoms with Crippen molar-refractivity contribution in [2.45, 2.75) is 0 Å². The molecule has 0 radical (unpaired) electrons. The summed E-state index contributed by atoms with van der Waals surface area (Å²) in [6.07, 6.45) is 0. The fourth-order valence-corrected chi connectivity index (χ4v) is 1.42. The van der Waals surface area contributed by atoms with Crippen LogP contribution in [0.25, 0.3) is 0 Å². The summed E-state index contributed by atoms with van der Waals surface area (Å²) < 4.78 is 0. The van der Waals surface area contributed by atoms with E-state index >= 15 is 0 Å². The minimum Gasteiger partial charge on any atom is -0.376 e. The Labute approximate surface area is 91.9 Å². The summed E-state index contributed by atoms with van der Waals surface area (Å²) in [5, 5.41) is 7.73. The van der Waals surface area contributed by atoms with Gasteiger partial charge in [0.05, 0.1) is 10.7 Å². The Hall–Kier alpha value is -1.33. The summed E-state index contributed by atoms with van der Waals surface area (Å²) in [5.74, 6) is -0.259. The van der Waals surface area contributed by atoms with Crippen LogP contribution in [0.1, 0.15) is 0 Å². The van der Waals surface area contributed by atoms with Crippen LogP contribution in [-0.2, 0) is 0 Å². The largest absolute Gasteiger partial charge is 0.376 e. The second-order valence-corrected chi connectivity index (χ2v) is 3.34. The Morgan fingerprint density at radius 3 is 2.36 bits per heavy atom. The highest BCUT2D eigenvalue weighted by atomic mass is 35.5. The van der Waals surface area contributed by atoms with E-state index in [1.807, 2.05) is 0 Å². The molecular formula is C8H9ClN4S. The zero-order chi connectivity index (χ0) is 10.7. The van der Waals surface area contributed by atoms with Crippen molar-refractivity contribution in [1.29, 1.82) is 5.41 Å². The van der Waals surface area contributed by atoms with Crippen molar-refractivity contribution < 1.29 is 0 Å². The Morgan fingerprint density at radius 2 is 1.93 bits per heavy atom. The monoisotopic (exact) mass is 228 g/mol. The molecule has 5 N–H and O–H groups in total. The van der Waals surface area contributed by atoms with Gasteiger partial charge in [-0.3, -0.25) is 10.3 Å². The zero-order valence-corrected chi connectivity index (χ0v) is 8.77. The predicted octanol–water partition coefficient (Wildman–Crippen LogP) is 1.28. The topological polar surface area (TPSA) is 79.1 Å². The van der Waals surface area contributed by atoms with Gasteiger partial charge in [0.15, 0.2) is 11.1 Å². The van der Waals surface area contributed by atoms with Gasteiger partial charge in [0, 0.05) is 0 Å². The number of guanidine groups is 1. The van der Waals surface area contributed by atoms with Gasteiger partial charge in [0.2, 0.25) is 0 Å². The van der Waals surface area contributed by atoms with Crippen LogP contribution in [0.4, 0.5) is 5.69 Å². The smallest absolute Gasteiger partial charge is 0.199 e. The van der Waals surface area contributed by atoms with E-state index in [1.165, 1.54) is 4.90 Å². The van der Waals surface area contributed by atoms with E-state index in [4.69, 9.17) is 40.7 Å². The molecule has 0 spiro atoms. The fraction of sp³-hybridized carbons (Fsp3) is 0. The van der Waals surface area contributed by atoms with Crippen molar-refractivity contribution in [2.24, 2.45) is 11.5 Å². The molecule has 4 nitrogen and oxygen atoms in total. The van der Waals surface area contributed by atoms with E-state index < -0.39 is 0 Å². The number of nitrogens with zero attached hydrogens (tertiary/aromatic N) is 1. The average molecular weight is 229 g/mol. The van der Waals surface area contributed by atoms with Gasteiger partial charge < -0.3 is 11.5 Å². The lowest BCUT2D eigenvalue weighted by Gasteiger charge is -2.21. The number of para-hydroxylation sites is 1. The van der Waals surface area contributed by atoms with E-state index in [9.17, 15) is 0 Å². The molecule has 0 aliphatic carbocycles. The van der Waals surface area contributed by atoms with Gasteiger partial charge in [-0.25, -0.2) is 0 Å². The summed E-state index contributed by atoms with van der Waals surface area (Å²) in [4.78, 5) is 1.19. The van der Waals surface area contributed by atoms with E-state index in [1.54, 1.807) is 24.3 Å². The third kappa shape index (κ3) is 2.12. The number of nitrogens with one attached hydrogen (secondary N) is 1. The van der Waals surface area contributed by atoms with Crippen molar-refractivity contribution in [2.75, 3.05) is 4.90 Å². The quantitative estimate of drug-likeness (QED) is 0.384. The van der Waals surface area contributed by atoms with Crippen LogP contribution in [0.2, 0.25) is 5.02 Å². The number of anilines is 1. The molecule has 0 aliphatic heterocycles. The lowest BCUT2D eigenvalue weighted by Crippen LogP contribution is -2.44. The van der Waals surface area contributed by atoms with Gasteiger partial charge in [0.25, 0.3) is 0 Å². The van der Waals surface area contributed by atoms with Gasteiger partial charge in [-0.15, -0.1) is 0 Å². The first kappa shape index (κ1) is 10.7. The predicted molar refractivity (Wildman–Crippen MR) is 62.6 cm³/mol.